The van der Waals surface area contributed by atoms with Gasteiger partial charge in [0.15, 0.2) is 0 Å². The van der Waals surface area contributed by atoms with Crippen LogP contribution < -0.4 is 0 Å². The maximum Gasteiger partial charge on any atom is 0.330 e. The zero-order valence-corrected chi connectivity index (χ0v) is 5.57. The summed E-state index contributed by atoms with van der Waals surface area (Å²) in [6, 6.07) is 0. The zero-order valence-electron chi connectivity index (χ0n) is 5.57. The smallest absolute Gasteiger partial charge is 0.330 e. The molecule has 0 bridgehead atoms. The van der Waals surface area contributed by atoms with E-state index in [9.17, 15) is 4.79 Å². The Labute approximate surface area is 59.3 Å². The van der Waals surface area contributed by atoms with E-state index in [0.717, 1.165) is 6.08 Å². The number of ether oxygens (including phenoxy) is 1. The molecule has 3 heteroatoms. The molecule has 0 saturated heterocycles. The van der Waals surface area contributed by atoms with Gasteiger partial charge in [-0.1, -0.05) is 5.92 Å². The number of hydrogen-bond acceptors (Lipinski definition) is 3. The monoisotopic (exact) mass is 140 g/mol. The number of carbonyl (C=O) groups is 1. The van der Waals surface area contributed by atoms with Crippen LogP contribution >= 0.6 is 0 Å². The Morgan fingerprint density at radius 1 is 1.90 bits per heavy atom. The van der Waals surface area contributed by atoms with Crippen molar-refractivity contribution in [2.75, 3.05) is 7.11 Å². The SMILES string of the molecule is C#CC(O)/C=C/C(=O)OC. The predicted molar refractivity (Wildman–Crippen MR) is 36.0 cm³/mol. The van der Waals surface area contributed by atoms with Crippen LogP contribution in [-0.4, -0.2) is 24.3 Å². The van der Waals surface area contributed by atoms with E-state index in [4.69, 9.17) is 11.5 Å². The molecule has 1 N–H and O–H groups in total. The third-order valence-corrected chi connectivity index (χ3v) is 0.787. The molecule has 0 amide bonds. The lowest BCUT2D eigenvalue weighted by molar-refractivity contribution is -0.134. The topological polar surface area (TPSA) is 46.5 Å². The molecule has 10 heavy (non-hydrogen) atoms. The number of rotatable bonds is 2. The van der Waals surface area contributed by atoms with E-state index in [1.54, 1.807) is 0 Å². The number of aliphatic hydroxyl groups is 1. The molecule has 0 fully saturated rings. The predicted octanol–water partition coefficient (Wildman–Crippen LogP) is -0.290. The third kappa shape index (κ3) is 3.70. The minimum Gasteiger partial charge on any atom is -0.466 e. The van der Waals surface area contributed by atoms with Gasteiger partial charge >= 0.3 is 5.97 Å². The van der Waals surface area contributed by atoms with Crippen molar-refractivity contribution in [3.05, 3.63) is 12.2 Å². The molecule has 0 spiro atoms. The van der Waals surface area contributed by atoms with Crippen LogP contribution in [0.3, 0.4) is 0 Å². The molecule has 0 aliphatic heterocycles. The molecule has 1 atom stereocenters. The van der Waals surface area contributed by atoms with Crippen LogP contribution in [0.15, 0.2) is 12.2 Å². The van der Waals surface area contributed by atoms with Crippen molar-refractivity contribution < 1.29 is 14.6 Å². The van der Waals surface area contributed by atoms with Gasteiger partial charge in [0, 0.05) is 6.08 Å². The van der Waals surface area contributed by atoms with E-state index in [1.807, 2.05) is 5.92 Å². The first-order valence-corrected chi connectivity index (χ1v) is 2.61. The fraction of sp³-hybridized carbons (Fsp3) is 0.286. The Morgan fingerprint density at radius 3 is 2.90 bits per heavy atom. The van der Waals surface area contributed by atoms with E-state index in [0.29, 0.717) is 0 Å². The molecule has 0 heterocycles. The number of terminal acetylenes is 1. The maximum absolute atomic E-state index is 10.3. The highest BCUT2D eigenvalue weighted by molar-refractivity contribution is 5.81. The standard InChI is InChI=1S/C7H8O3/c1-3-6(8)4-5-7(9)10-2/h1,4-6,8H,2H3/b5-4+. The van der Waals surface area contributed by atoms with E-state index in [-0.39, 0.29) is 0 Å². The van der Waals surface area contributed by atoms with Gasteiger partial charge in [-0.05, 0) is 6.08 Å². The van der Waals surface area contributed by atoms with Crippen LogP contribution in [0, 0.1) is 12.3 Å². The summed E-state index contributed by atoms with van der Waals surface area (Å²) >= 11 is 0. The van der Waals surface area contributed by atoms with Crippen LogP contribution in [0.1, 0.15) is 0 Å². The van der Waals surface area contributed by atoms with Crippen LogP contribution in [0.25, 0.3) is 0 Å². The van der Waals surface area contributed by atoms with Crippen LogP contribution in [-0.2, 0) is 9.53 Å². The van der Waals surface area contributed by atoms with Gasteiger partial charge in [0.05, 0.1) is 7.11 Å². The fourth-order valence-corrected chi connectivity index (χ4v) is 0.293. The Kier molecular flexibility index (Phi) is 4.01. The van der Waals surface area contributed by atoms with Gasteiger partial charge < -0.3 is 9.84 Å². The van der Waals surface area contributed by atoms with Gasteiger partial charge in [-0.25, -0.2) is 4.79 Å². The molecular formula is C7H8O3. The van der Waals surface area contributed by atoms with Gasteiger partial charge in [0.1, 0.15) is 6.10 Å². The second kappa shape index (κ2) is 4.59. The van der Waals surface area contributed by atoms with Gasteiger partial charge in [-0.2, -0.15) is 0 Å². The van der Waals surface area contributed by atoms with E-state index >= 15 is 0 Å². The number of carbonyl (C=O) groups excluding carboxylic acids is 1. The number of hydrogen-bond donors (Lipinski definition) is 1. The first kappa shape index (κ1) is 8.73. The molecule has 3 nitrogen and oxygen atoms in total. The fourth-order valence-electron chi connectivity index (χ4n) is 0.293. The quantitative estimate of drug-likeness (QED) is 0.325. The lowest BCUT2D eigenvalue weighted by Gasteiger charge is -1.91. The van der Waals surface area contributed by atoms with Crippen LogP contribution in [0.4, 0.5) is 0 Å². The van der Waals surface area contributed by atoms with Crippen LogP contribution in [0.5, 0.6) is 0 Å². The van der Waals surface area contributed by atoms with Crippen molar-refractivity contribution in [2.45, 2.75) is 6.10 Å². The second-order valence-electron chi connectivity index (χ2n) is 1.49. The van der Waals surface area contributed by atoms with Crippen molar-refractivity contribution in [2.24, 2.45) is 0 Å². The Hall–Kier alpha value is -1.27. The van der Waals surface area contributed by atoms with Gasteiger partial charge in [0.2, 0.25) is 0 Å². The van der Waals surface area contributed by atoms with Crippen molar-refractivity contribution >= 4 is 5.97 Å². The molecule has 0 aliphatic carbocycles. The number of aliphatic hydroxyl groups excluding tert-OH is 1. The highest BCUT2D eigenvalue weighted by Gasteiger charge is 1.93. The average Bonchev–Trinajstić information content (AvgIpc) is 1.99. The summed E-state index contributed by atoms with van der Waals surface area (Å²) in [5, 5.41) is 8.67. The molecular weight excluding hydrogens is 132 g/mol. The Balaban J connectivity index is 3.78. The summed E-state index contributed by atoms with van der Waals surface area (Å²) in [6.07, 6.45) is 6.03. The summed E-state index contributed by atoms with van der Waals surface area (Å²) in [5.74, 6) is 1.47. The number of methoxy groups -OCH3 is 1. The zero-order chi connectivity index (χ0) is 7.98. The average molecular weight is 140 g/mol. The minimum absolute atomic E-state index is 0.533. The van der Waals surface area contributed by atoms with Crippen LogP contribution in [0.2, 0.25) is 0 Å². The first-order chi connectivity index (χ1) is 4.70. The molecule has 54 valence electrons. The Bertz CT molecular complexity index is 176. The molecule has 0 radical (unpaired) electrons. The number of esters is 1. The third-order valence-electron chi connectivity index (χ3n) is 0.787. The second-order valence-corrected chi connectivity index (χ2v) is 1.49. The summed E-state index contributed by atoms with van der Waals surface area (Å²) in [4.78, 5) is 10.3. The normalized spacial score (nSPS) is 12.5. The molecule has 0 aromatic heterocycles. The van der Waals surface area contributed by atoms with E-state index < -0.39 is 12.1 Å². The molecule has 0 aromatic carbocycles. The largest absolute Gasteiger partial charge is 0.466 e. The van der Waals surface area contributed by atoms with Crippen molar-refractivity contribution in [1.29, 1.82) is 0 Å². The van der Waals surface area contributed by atoms with Crippen molar-refractivity contribution in [1.82, 2.24) is 0 Å². The highest BCUT2D eigenvalue weighted by atomic mass is 16.5. The first-order valence-electron chi connectivity index (χ1n) is 2.61. The minimum atomic E-state index is -1.01. The molecule has 0 rings (SSSR count). The highest BCUT2D eigenvalue weighted by Crippen LogP contribution is 1.83. The van der Waals surface area contributed by atoms with Gasteiger partial charge in [-0.3, -0.25) is 0 Å². The maximum atomic E-state index is 10.3. The summed E-state index contributed by atoms with van der Waals surface area (Å²) in [5.41, 5.74) is 0. The summed E-state index contributed by atoms with van der Waals surface area (Å²) < 4.78 is 4.24. The Morgan fingerprint density at radius 2 is 2.50 bits per heavy atom. The van der Waals surface area contributed by atoms with Crippen molar-refractivity contribution in [3.63, 3.8) is 0 Å². The van der Waals surface area contributed by atoms with E-state index in [1.165, 1.54) is 13.2 Å². The van der Waals surface area contributed by atoms with Gasteiger partial charge in [0.25, 0.3) is 0 Å². The molecule has 0 saturated carbocycles. The molecule has 0 aromatic rings. The van der Waals surface area contributed by atoms with E-state index in [2.05, 4.69) is 4.74 Å². The molecule has 0 aliphatic rings. The molecule has 1 unspecified atom stereocenters. The lowest BCUT2D eigenvalue weighted by atomic mass is 10.3. The summed E-state index contributed by atoms with van der Waals surface area (Å²) in [6.45, 7) is 0. The lowest BCUT2D eigenvalue weighted by Crippen LogP contribution is -2.00. The summed E-state index contributed by atoms with van der Waals surface area (Å²) in [7, 11) is 1.24. The van der Waals surface area contributed by atoms with Crippen molar-refractivity contribution in [3.8, 4) is 12.3 Å². The van der Waals surface area contributed by atoms with Gasteiger partial charge in [-0.15, -0.1) is 6.42 Å².